The fraction of sp³-hybridized carbons (Fsp3) is 0.818. The number of rotatable bonds is 5. The second-order valence-electron chi connectivity index (χ2n) is 4.67. The normalized spacial score (nSPS) is 36.8. The van der Waals surface area contributed by atoms with Crippen molar-refractivity contribution in [3.05, 3.63) is 0 Å². The number of hydrogen-bond donors (Lipinski definition) is 5. The summed E-state index contributed by atoms with van der Waals surface area (Å²) < 4.78 is 5.01. The van der Waals surface area contributed by atoms with Gasteiger partial charge in [-0.3, -0.25) is 9.59 Å². The summed E-state index contributed by atoms with van der Waals surface area (Å²) in [7, 11) is 0. The van der Waals surface area contributed by atoms with Crippen molar-refractivity contribution < 1.29 is 29.6 Å². The first kappa shape index (κ1) is 16.2. The Hall–Kier alpha value is -0.900. The topological polar surface area (TPSA) is 128 Å². The molecule has 1 unspecified atom stereocenters. The van der Waals surface area contributed by atoms with E-state index in [4.69, 9.17) is 4.74 Å². The van der Waals surface area contributed by atoms with Crippen LogP contribution in [0, 0.1) is 0 Å². The monoisotopic (exact) mass is 276 g/mol. The number of ketones is 2. The summed E-state index contributed by atoms with van der Waals surface area (Å²) in [5.41, 5.74) is 5.00. The number of Topliss-reactive ketones (excluding diaryl/α,β-unsaturated/α-hetero) is 2. The van der Waals surface area contributed by atoms with E-state index in [1.54, 1.807) is 0 Å². The lowest BCUT2D eigenvalue weighted by atomic mass is 9.98. The van der Waals surface area contributed by atoms with Crippen molar-refractivity contribution in [3.8, 4) is 0 Å². The summed E-state index contributed by atoms with van der Waals surface area (Å²) in [5.74, 6) is -1.24. The SMILES string of the molecule is CC(=O)C(=O)[C@H](C)NN[C@H]1C(O)O[C@H](C)[C@@H](O)[C@@H]1O. The Balaban J connectivity index is 2.56. The second-order valence-corrected chi connectivity index (χ2v) is 4.67. The molecule has 19 heavy (non-hydrogen) atoms. The average Bonchev–Trinajstić information content (AvgIpc) is 2.34. The summed E-state index contributed by atoms with van der Waals surface area (Å²) in [6.45, 7) is 4.13. The third kappa shape index (κ3) is 3.78. The zero-order valence-electron chi connectivity index (χ0n) is 11.0. The lowest BCUT2D eigenvalue weighted by Gasteiger charge is -2.40. The van der Waals surface area contributed by atoms with E-state index >= 15 is 0 Å². The van der Waals surface area contributed by atoms with Gasteiger partial charge in [-0.1, -0.05) is 0 Å². The highest BCUT2D eigenvalue weighted by Gasteiger charge is 2.42. The molecule has 0 aromatic rings. The maximum atomic E-state index is 11.3. The molecule has 0 aromatic carbocycles. The maximum absolute atomic E-state index is 11.3. The molecule has 0 saturated carbocycles. The van der Waals surface area contributed by atoms with Crippen molar-refractivity contribution in [1.29, 1.82) is 0 Å². The van der Waals surface area contributed by atoms with Crippen molar-refractivity contribution in [1.82, 2.24) is 10.9 Å². The van der Waals surface area contributed by atoms with Gasteiger partial charge in [0.05, 0.1) is 12.1 Å². The van der Waals surface area contributed by atoms with Gasteiger partial charge < -0.3 is 20.1 Å². The van der Waals surface area contributed by atoms with Crippen LogP contribution in [0.25, 0.3) is 0 Å². The van der Waals surface area contributed by atoms with Crippen LogP contribution in [0.4, 0.5) is 0 Å². The molecule has 6 atom stereocenters. The lowest BCUT2D eigenvalue weighted by molar-refractivity contribution is -0.244. The van der Waals surface area contributed by atoms with Gasteiger partial charge in [0.2, 0.25) is 5.78 Å². The predicted molar refractivity (Wildman–Crippen MR) is 63.8 cm³/mol. The Labute approximate surface area is 110 Å². The molecule has 0 bridgehead atoms. The number of ether oxygens (including phenoxy) is 1. The fourth-order valence-corrected chi connectivity index (χ4v) is 1.79. The molecule has 0 aromatic heterocycles. The first-order chi connectivity index (χ1) is 8.75. The van der Waals surface area contributed by atoms with Crippen LogP contribution in [0.2, 0.25) is 0 Å². The predicted octanol–water partition coefficient (Wildman–Crippen LogP) is -2.55. The first-order valence-corrected chi connectivity index (χ1v) is 6.01. The van der Waals surface area contributed by atoms with Crippen LogP contribution < -0.4 is 10.9 Å². The first-order valence-electron chi connectivity index (χ1n) is 6.01. The number of carbonyl (C=O) groups is 2. The minimum atomic E-state index is -1.35. The Kier molecular flexibility index (Phi) is 5.53. The highest BCUT2D eigenvalue weighted by atomic mass is 16.6. The average molecular weight is 276 g/mol. The van der Waals surface area contributed by atoms with Crippen LogP contribution in [0.5, 0.6) is 0 Å². The highest BCUT2D eigenvalue weighted by Crippen LogP contribution is 2.18. The van der Waals surface area contributed by atoms with Crippen molar-refractivity contribution in [2.24, 2.45) is 0 Å². The molecule has 1 aliphatic rings. The number of aliphatic hydroxyl groups is 3. The van der Waals surface area contributed by atoms with E-state index < -0.39 is 48.3 Å². The van der Waals surface area contributed by atoms with Crippen LogP contribution in [0.3, 0.4) is 0 Å². The summed E-state index contributed by atoms with van der Waals surface area (Å²) in [6, 6.07) is -1.85. The zero-order chi connectivity index (χ0) is 14.7. The number of hydrazine groups is 1. The van der Waals surface area contributed by atoms with Gasteiger partial charge in [0.15, 0.2) is 12.1 Å². The van der Waals surface area contributed by atoms with Crippen molar-refractivity contribution in [2.45, 2.75) is 57.5 Å². The van der Waals surface area contributed by atoms with E-state index in [9.17, 15) is 24.9 Å². The van der Waals surface area contributed by atoms with Crippen molar-refractivity contribution >= 4 is 11.6 Å². The van der Waals surface area contributed by atoms with E-state index in [2.05, 4.69) is 10.9 Å². The zero-order valence-corrected chi connectivity index (χ0v) is 11.0. The van der Waals surface area contributed by atoms with E-state index in [0.29, 0.717) is 0 Å². The van der Waals surface area contributed by atoms with Gasteiger partial charge in [-0.2, -0.15) is 0 Å². The van der Waals surface area contributed by atoms with Gasteiger partial charge in [0.1, 0.15) is 18.2 Å². The van der Waals surface area contributed by atoms with Crippen LogP contribution in [-0.2, 0) is 14.3 Å². The van der Waals surface area contributed by atoms with Crippen LogP contribution in [0.15, 0.2) is 0 Å². The van der Waals surface area contributed by atoms with Gasteiger partial charge in [0.25, 0.3) is 0 Å². The third-order valence-electron chi connectivity index (χ3n) is 3.07. The number of carbonyl (C=O) groups excluding carboxylic acids is 2. The summed E-state index contributed by atoms with van der Waals surface area (Å²) in [6.07, 6.45) is -4.49. The minimum absolute atomic E-state index is 0.601. The smallest absolute Gasteiger partial charge is 0.215 e. The summed E-state index contributed by atoms with van der Waals surface area (Å²) in [5, 5.41) is 29.1. The molecule has 1 fully saturated rings. The molecule has 1 rings (SSSR count). The number of hydrogen-bond acceptors (Lipinski definition) is 8. The quantitative estimate of drug-likeness (QED) is 0.274. The third-order valence-corrected chi connectivity index (χ3v) is 3.07. The number of aliphatic hydroxyl groups excluding tert-OH is 3. The molecule has 8 heteroatoms. The van der Waals surface area contributed by atoms with Crippen molar-refractivity contribution in [2.75, 3.05) is 0 Å². The standard InChI is InChI=1S/C11H20N2O6/c1-4(8(15)5(2)14)12-13-7-10(17)9(16)6(3)19-11(7)18/h4,6-7,9-13,16-18H,1-3H3/t4-,6+,7+,9+,10+,11?/m0/s1. The molecule has 0 radical (unpaired) electrons. The van der Waals surface area contributed by atoms with Crippen LogP contribution in [0.1, 0.15) is 20.8 Å². The highest BCUT2D eigenvalue weighted by molar-refractivity contribution is 6.38. The van der Waals surface area contributed by atoms with E-state index in [-0.39, 0.29) is 0 Å². The van der Waals surface area contributed by atoms with E-state index in [1.165, 1.54) is 13.8 Å². The molecule has 0 amide bonds. The fourth-order valence-electron chi connectivity index (χ4n) is 1.79. The number of nitrogens with one attached hydrogen (secondary N) is 2. The molecule has 1 aliphatic heterocycles. The Bertz CT molecular complexity index is 350. The molecule has 0 spiro atoms. The van der Waals surface area contributed by atoms with Gasteiger partial charge in [-0.25, -0.2) is 10.9 Å². The van der Waals surface area contributed by atoms with Crippen molar-refractivity contribution in [3.63, 3.8) is 0 Å². The van der Waals surface area contributed by atoms with Gasteiger partial charge in [0, 0.05) is 6.92 Å². The minimum Gasteiger partial charge on any atom is -0.388 e. The van der Waals surface area contributed by atoms with Crippen LogP contribution >= 0.6 is 0 Å². The van der Waals surface area contributed by atoms with Gasteiger partial charge in [-0.05, 0) is 13.8 Å². The van der Waals surface area contributed by atoms with Gasteiger partial charge >= 0.3 is 0 Å². The van der Waals surface area contributed by atoms with E-state index in [0.717, 1.165) is 6.92 Å². The Morgan fingerprint density at radius 2 is 1.79 bits per heavy atom. The summed E-state index contributed by atoms with van der Waals surface area (Å²) in [4.78, 5) is 22.2. The Morgan fingerprint density at radius 1 is 1.21 bits per heavy atom. The van der Waals surface area contributed by atoms with Gasteiger partial charge in [-0.15, -0.1) is 0 Å². The molecule has 1 saturated heterocycles. The summed E-state index contributed by atoms with van der Waals surface area (Å²) >= 11 is 0. The van der Waals surface area contributed by atoms with E-state index in [1.807, 2.05) is 0 Å². The molecular formula is C11H20N2O6. The maximum Gasteiger partial charge on any atom is 0.215 e. The molecular weight excluding hydrogens is 256 g/mol. The molecule has 1 heterocycles. The molecule has 0 aliphatic carbocycles. The largest absolute Gasteiger partial charge is 0.388 e. The lowest BCUT2D eigenvalue weighted by Crippen LogP contribution is -2.65. The van der Waals surface area contributed by atoms with Crippen LogP contribution in [-0.4, -0.2) is 63.6 Å². The Morgan fingerprint density at radius 3 is 2.32 bits per heavy atom. The molecule has 5 N–H and O–H groups in total. The molecule has 8 nitrogen and oxygen atoms in total. The second kappa shape index (κ2) is 6.51. The molecule has 110 valence electrons.